The normalized spacial score (nSPS) is 10.5. The van der Waals surface area contributed by atoms with Crippen LogP contribution in [0.5, 0.6) is 5.75 Å². The predicted molar refractivity (Wildman–Crippen MR) is 95.0 cm³/mol. The van der Waals surface area contributed by atoms with Crippen molar-refractivity contribution in [2.75, 3.05) is 20.6 Å². The fourth-order valence-electron chi connectivity index (χ4n) is 2.11. The summed E-state index contributed by atoms with van der Waals surface area (Å²) >= 11 is 6.08. The molecule has 0 aliphatic carbocycles. The number of ether oxygens (including phenoxy) is 1. The van der Waals surface area contributed by atoms with Gasteiger partial charge in [-0.15, -0.1) is 0 Å². The van der Waals surface area contributed by atoms with Crippen LogP contribution in [0.3, 0.4) is 0 Å². The van der Waals surface area contributed by atoms with Gasteiger partial charge in [0, 0.05) is 62.1 Å². The second-order valence-electron chi connectivity index (χ2n) is 5.62. The summed E-state index contributed by atoms with van der Waals surface area (Å²) in [7, 11) is 3.51. The number of pyridine rings is 1. The minimum absolute atomic E-state index is 0.0987. The average molecular weight is 348 g/mol. The van der Waals surface area contributed by atoms with Gasteiger partial charge >= 0.3 is 0 Å². The van der Waals surface area contributed by atoms with Crippen molar-refractivity contribution >= 4 is 17.5 Å². The quantitative estimate of drug-likeness (QED) is 0.746. The maximum absolute atomic E-state index is 11.6. The fraction of sp³-hybridized carbons (Fsp3) is 0.333. The van der Waals surface area contributed by atoms with Crippen molar-refractivity contribution in [3.63, 3.8) is 0 Å². The first-order valence-corrected chi connectivity index (χ1v) is 8.15. The van der Waals surface area contributed by atoms with Crippen LogP contribution in [0, 0.1) is 0 Å². The molecular weight excluding hydrogens is 326 g/mol. The maximum atomic E-state index is 11.6. The number of aromatic nitrogens is 1. The van der Waals surface area contributed by atoms with Crippen molar-refractivity contribution < 1.29 is 9.53 Å². The van der Waals surface area contributed by atoms with Crippen LogP contribution in [0.15, 0.2) is 42.7 Å². The highest BCUT2D eigenvalue weighted by atomic mass is 35.5. The van der Waals surface area contributed by atoms with Gasteiger partial charge in [-0.05, 0) is 24.3 Å². The fourth-order valence-corrected chi connectivity index (χ4v) is 2.31. The zero-order chi connectivity index (χ0) is 17.4. The van der Waals surface area contributed by atoms with E-state index in [0.29, 0.717) is 31.1 Å². The second kappa shape index (κ2) is 9.25. The molecule has 128 valence electrons. The molecule has 24 heavy (non-hydrogen) atoms. The van der Waals surface area contributed by atoms with Gasteiger partial charge in [0.2, 0.25) is 5.91 Å². The standard InChI is InChI=1S/C18H22ClN3O2/c1-22(2)18(23)7-9-21-12-15-10-16(19)5-6-17(15)24-13-14-4-3-8-20-11-14/h3-6,8,10-11,21H,7,9,12-13H2,1-2H3. The number of nitrogens with zero attached hydrogens (tertiary/aromatic N) is 2. The lowest BCUT2D eigenvalue weighted by molar-refractivity contribution is -0.128. The maximum Gasteiger partial charge on any atom is 0.223 e. The summed E-state index contributed by atoms with van der Waals surface area (Å²) in [6.07, 6.45) is 3.97. The molecule has 0 radical (unpaired) electrons. The molecule has 0 aliphatic rings. The number of nitrogens with one attached hydrogen (secondary N) is 1. The van der Waals surface area contributed by atoms with E-state index in [-0.39, 0.29) is 5.91 Å². The molecule has 1 amide bonds. The molecule has 0 unspecified atom stereocenters. The van der Waals surface area contributed by atoms with Gasteiger partial charge in [0.25, 0.3) is 0 Å². The molecular formula is C18H22ClN3O2. The molecule has 2 rings (SSSR count). The van der Waals surface area contributed by atoms with Crippen molar-refractivity contribution in [3.05, 3.63) is 58.9 Å². The van der Waals surface area contributed by atoms with E-state index in [1.807, 2.05) is 24.3 Å². The Bertz CT molecular complexity index is 663. The molecule has 2 aromatic rings. The minimum Gasteiger partial charge on any atom is -0.489 e. The average Bonchev–Trinajstić information content (AvgIpc) is 2.58. The third-order valence-corrected chi connectivity index (χ3v) is 3.70. The molecule has 0 fully saturated rings. The molecule has 0 saturated heterocycles. The number of amides is 1. The van der Waals surface area contributed by atoms with E-state index in [9.17, 15) is 4.79 Å². The Hall–Kier alpha value is -2.11. The van der Waals surface area contributed by atoms with Gasteiger partial charge < -0.3 is 15.0 Å². The van der Waals surface area contributed by atoms with Crippen LogP contribution >= 0.6 is 11.6 Å². The Labute approximate surface area is 147 Å². The first kappa shape index (κ1) is 18.2. The van der Waals surface area contributed by atoms with Crippen LogP contribution in [0.25, 0.3) is 0 Å². The zero-order valence-corrected chi connectivity index (χ0v) is 14.7. The predicted octanol–water partition coefficient (Wildman–Crippen LogP) is 2.88. The van der Waals surface area contributed by atoms with E-state index in [2.05, 4.69) is 10.3 Å². The van der Waals surface area contributed by atoms with Crippen LogP contribution in [0.1, 0.15) is 17.5 Å². The SMILES string of the molecule is CN(C)C(=O)CCNCc1cc(Cl)ccc1OCc1cccnc1. The smallest absolute Gasteiger partial charge is 0.223 e. The number of hydrogen-bond donors (Lipinski definition) is 1. The molecule has 1 N–H and O–H groups in total. The number of halogens is 1. The summed E-state index contributed by atoms with van der Waals surface area (Å²) in [5.74, 6) is 0.872. The molecule has 1 aromatic carbocycles. The molecule has 0 aliphatic heterocycles. The third kappa shape index (κ3) is 5.83. The first-order chi connectivity index (χ1) is 11.6. The van der Waals surface area contributed by atoms with Crippen molar-refractivity contribution in [2.45, 2.75) is 19.6 Å². The Kier molecular flexibility index (Phi) is 7.03. The number of carbonyl (C=O) groups excluding carboxylic acids is 1. The summed E-state index contributed by atoms with van der Waals surface area (Å²) < 4.78 is 5.88. The first-order valence-electron chi connectivity index (χ1n) is 7.77. The van der Waals surface area contributed by atoms with Crippen LogP contribution < -0.4 is 10.1 Å². The molecule has 6 heteroatoms. The topological polar surface area (TPSA) is 54.5 Å². The van der Waals surface area contributed by atoms with Crippen LogP contribution in [0.2, 0.25) is 5.02 Å². The molecule has 1 aromatic heterocycles. The summed E-state index contributed by atoms with van der Waals surface area (Å²) in [4.78, 5) is 17.2. The third-order valence-electron chi connectivity index (χ3n) is 3.47. The molecule has 0 saturated carbocycles. The van der Waals surface area contributed by atoms with Gasteiger partial charge in [0.1, 0.15) is 12.4 Å². The van der Waals surface area contributed by atoms with Crippen LogP contribution in [0.4, 0.5) is 0 Å². The van der Waals surface area contributed by atoms with Crippen LogP contribution in [-0.4, -0.2) is 36.4 Å². The van der Waals surface area contributed by atoms with Gasteiger partial charge in [-0.1, -0.05) is 17.7 Å². The van der Waals surface area contributed by atoms with Crippen LogP contribution in [-0.2, 0) is 17.9 Å². The molecule has 0 spiro atoms. The highest BCUT2D eigenvalue weighted by Gasteiger charge is 2.07. The number of hydrogen-bond acceptors (Lipinski definition) is 4. The summed E-state index contributed by atoms with van der Waals surface area (Å²) in [6, 6.07) is 9.39. The van der Waals surface area contributed by atoms with Gasteiger partial charge in [0.15, 0.2) is 0 Å². The highest BCUT2D eigenvalue weighted by Crippen LogP contribution is 2.23. The van der Waals surface area contributed by atoms with E-state index in [1.54, 1.807) is 37.5 Å². The lowest BCUT2D eigenvalue weighted by Gasteiger charge is -2.14. The van der Waals surface area contributed by atoms with Gasteiger partial charge in [-0.3, -0.25) is 9.78 Å². The molecule has 1 heterocycles. The van der Waals surface area contributed by atoms with E-state index in [4.69, 9.17) is 16.3 Å². The Morgan fingerprint density at radius 1 is 1.33 bits per heavy atom. The number of rotatable bonds is 8. The lowest BCUT2D eigenvalue weighted by Crippen LogP contribution is -2.26. The minimum atomic E-state index is 0.0987. The Balaban J connectivity index is 1.91. The van der Waals surface area contributed by atoms with E-state index in [0.717, 1.165) is 16.9 Å². The molecule has 0 bridgehead atoms. The van der Waals surface area contributed by atoms with Gasteiger partial charge in [0.05, 0.1) is 0 Å². The van der Waals surface area contributed by atoms with Crippen molar-refractivity contribution in [1.82, 2.24) is 15.2 Å². The van der Waals surface area contributed by atoms with Crippen molar-refractivity contribution in [1.29, 1.82) is 0 Å². The number of carbonyl (C=O) groups is 1. The summed E-state index contributed by atoms with van der Waals surface area (Å²) in [6.45, 7) is 1.64. The largest absolute Gasteiger partial charge is 0.489 e. The molecule has 0 atom stereocenters. The summed E-state index contributed by atoms with van der Waals surface area (Å²) in [5.41, 5.74) is 1.96. The monoisotopic (exact) mass is 347 g/mol. The van der Waals surface area contributed by atoms with Gasteiger partial charge in [-0.25, -0.2) is 0 Å². The van der Waals surface area contributed by atoms with E-state index >= 15 is 0 Å². The zero-order valence-electron chi connectivity index (χ0n) is 14.0. The van der Waals surface area contributed by atoms with Crippen molar-refractivity contribution in [2.24, 2.45) is 0 Å². The Morgan fingerprint density at radius 3 is 2.88 bits per heavy atom. The van der Waals surface area contributed by atoms with Gasteiger partial charge in [-0.2, -0.15) is 0 Å². The summed E-state index contributed by atoms with van der Waals surface area (Å²) in [5, 5.41) is 3.91. The second-order valence-corrected chi connectivity index (χ2v) is 6.05. The lowest BCUT2D eigenvalue weighted by atomic mass is 10.2. The number of benzene rings is 1. The molecule has 5 nitrogen and oxygen atoms in total. The van der Waals surface area contributed by atoms with Crippen molar-refractivity contribution in [3.8, 4) is 5.75 Å². The Morgan fingerprint density at radius 2 is 2.17 bits per heavy atom. The van der Waals surface area contributed by atoms with E-state index < -0.39 is 0 Å². The van der Waals surface area contributed by atoms with E-state index in [1.165, 1.54) is 0 Å². The highest BCUT2D eigenvalue weighted by molar-refractivity contribution is 6.30.